The fourth-order valence-corrected chi connectivity index (χ4v) is 2.39. The van der Waals surface area contributed by atoms with Gasteiger partial charge in [0.1, 0.15) is 0 Å². The lowest BCUT2D eigenvalue weighted by atomic mass is 9.93. The van der Waals surface area contributed by atoms with Crippen molar-refractivity contribution < 1.29 is 9.90 Å². The van der Waals surface area contributed by atoms with Gasteiger partial charge in [-0.1, -0.05) is 0 Å². The van der Waals surface area contributed by atoms with Crippen molar-refractivity contribution in [3.8, 4) is 6.07 Å². The summed E-state index contributed by atoms with van der Waals surface area (Å²) in [6.45, 7) is 2.80. The van der Waals surface area contributed by atoms with E-state index in [1.807, 2.05) is 0 Å². The number of likely N-dealkylation sites (tertiary alicyclic amines) is 1. The number of nitriles is 1. The van der Waals surface area contributed by atoms with Crippen LogP contribution in [0.1, 0.15) is 25.7 Å². The van der Waals surface area contributed by atoms with E-state index in [1.165, 1.54) is 12.8 Å². The average molecular weight is 208 g/mol. The minimum Gasteiger partial charge on any atom is -0.481 e. The molecule has 0 aromatic heterocycles. The third-order valence-corrected chi connectivity index (χ3v) is 3.47. The lowest BCUT2D eigenvalue weighted by Gasteiger charge is -2.40. The summed E-state index contributed by atoms with van der Waals surface area (Å²) in [5, 5.41) is 17.3. The summed E-state index contributed by atoms with van der Waals surface area (Å²) in [4.78, 5) is 12.7. The molecule has 2 fully saturated rings. The van der Waals surface area contributed by atoms with Crippen molar-refractivity contribution in [3.05, 3.63) is 0 Å². The molecule has 0 unspecified atom stereocenters. The number of hydrogen-bond donors (Lipinski definition) is 1. The Morgan fingerprint density at radius 1 is 1.53 bits per heavy atom. The van der Waals surface area contributed by atoms with Crippen LogP contribution in [0.25, 0.3) is 0 Å². The highest BCUT2D eigenvalue weighted by atomic mass is 16.4. The minimum absolute atomic E-state index is 0.267. The second kappa shape index (κ2) is 3.82. The molecule has 2 rings (SSSR count). The van der Waals surface area contributed by atoms with Crippen molar-refractivity contribution in [2.24, 2.45) is 11.3 Å². The van der Waals surface area contributed by atoms with E-state index in [0.29, 0.717) is 18.8 Å². The van der Waals surface area contributed by atoms with Gasteiger partial charge in [-0.3, -0.25) is 4.79 Å². The third-order valence-electron chi connectivity index (χ3n) is 3.47. The maximum Gasteiger partial charge on any atom is 0.303 e. The standard InChI is InChI=1S/C11H16N2O2/c12-4-3-11(1-2-11)8-13-6-9(7-13)5-10(14)15/h9H,1-3,5-8H2,(H,14,15). The molecule has 0 aromatic rings. The molecular weight excluding hydrogens is 192 g/mol. The minimum atomic E-state index is -0.696. The quantitative estimate of drug-likeness (QED) is 0.734. The Morgan fingerprint density at radius 2 is 2.20 bits per heavy atom. The molecule has 0 atom stereocenters. The van der Waals surface area contributed by atoms with Crippen molar-refractivity contribution in [1.29, 1.82) is 5.26 Å². The van der Waals surface area contributed by atoms with Crippen molar-refractivity contribution in [1.82, 2.24) is 4.90 Å². The normalized spacial score (nSPS) is 24.2. The number of carbonyl (C=O) groups is 1. The summed E-state index contributed by atoms with van der Waals surface area (Å²) in [6, 6.07) is 2.25. The first-order valence-corrected chi connectivity index (χ1v) is 5.45. The first-order chi connectivity index (χ1) is 7.13. The molecule has 15 heavy (non-hydrogen) atoms. The summed E-state index contributed by atoms with van der Waals surface area (Å²) in [7, 11) is 0. The Hall–Kier alpha value is -1.08. The topological polar surface area (TPSA) is 64.3 Å². The zero-order chi connectivity index (χ0) is 10.9. The van der Waals surface area contributed by atoms with Crippen LogP contribution in [0, 0.1) is 22.7 Å². The van der Waals surface area contributed by atoms with Crippen LogP contribution >= 0.6 is 0 Å². The molecule has 4 nitrogen and oxygen atoms in total. The van der Waals surface area contributed by atoms with E-state index >= 15 is 0 Å². The first kappa shape index (κ1) is 10.4. The van der Waals surface area contributed by atoms with Crippen LogP contribution in [-0.4, -0.2) is 35.6 Å². The van der Waals surface area contributed by atoms with Gasteiger partial charge in [0.05, 0.1) is 12.5 Å². The molecule has 1 aliphatic carbocycles. The maximum absolute atomic E-state index is 10.4. The van der Waals surface area contributed by atoms with Crippen molar-refractivity contribution >= 4 is 5.97 Å². The molecule has 0 amide bonds. The van der Waals surface area contributed by atoms with Crippen LogP contribution in [0.3, 0.4) is 0 Å². The van der Waals surface area contributed by atoms with E-state index in [4.69, 9.17) is 10.4 Å². The van der Waals surface area contributed by atoms with Gasteiger partial charge in [-0.2, -0.15) is 5.26 Å². The van der Waals surface area contributed by atoms with Gasteiger partial charge >= 0.3 is 5.97 Å². The lowest BCUT2D eigenvalue weighted by molar-refractivity contribution is -0.139. The molecule has 1 saturated heterocycles. The van der Waals surface area contributed by atoms with Gasteiger partial charge < -0.3 is 10.0 Å². The van der Waals surface area contributed by atoms with Gasteiger partial charge in [0.25, 0.3) is 0 Å². The van der Waals surface area contributed by atoms with Crippen LogP contribution < -0.4 is 0 Å². The van der Waals surface area contributed by atoms with Gasteiger partial charge in [-0.25, -0.2) is 0 Å². The molecule has 4 heteroatoms. The van der Waals surface area contributed by atoms with Crippen molar-refractivity contribution in [2.45, 2.75) is 25.7 Å². The highest BCUT2D eigenvalue weighted by Gasteiger charge is 2.45. The number of carboxylic acids is 1. The molecule has 0 aromatic carbocycles. The molecular formula is C11H16N2O2. The van der Waals surface area contributed by atoms with E-state index < -0.39 is 5.97 Å². The van der Waals surface area contributed by atoms with Crippen molar-refractivity contribution in [3.63, 3.8) is 0 Å². The Bertz CT molecular complexity index is 298. The van der Waals surface area contributed by atoms with Crippen LogP contribution in [0.5, 0.6) is 0 Å². The van der Waals surface area contributed by atoms with E-state index in [9.17, 15) is 4.79 Å². The second-order valence-corrected chi connectivity index (χ2v) is 4.99. The molecule has 0 bridgehead atoms. The second-order valence-electron chi connectivity index (χ2n) is 4.99. The zero-order valence-electron chi connectivity index (χ0n) is 8.78. The predicted octanol–water partition coefficient (Wildman–Crippen LogP) is 1.09. The fourth-order valence-electron chi connectivity index (χ4n) is 2.39. The van der Waals surface area contributed by atoms with Gasteiger partial charge in [-0.05, 0) is 24.2 Å². The zero-order valence-corrected chi connectivity index (χ0v) is 8.78. The van der Waals surface area contributed by atoms with E-state index in [1.54, 1.807) is 0 Å². The molecule has 0 spiro atoms. The molecule has 1 N–H and O–H groups in total. The summed E-state index contributed by atoms with van der Waals surface area (Å²) < 4.78 is 0. The summed E-state index contributed by atoms with van der Waals surface area (Å²) in [5.74, 6) is -0.363. The predicted molar refractivity (Wildman–Crippen MR) is 54.1 cm³/mol. The van der Waals surface area contributed by atoms with Crippen LogP contribution in [0.15, 0.2) is 0 Å². The largest absolute Gasteiger partial charge is 0.481 e. The van der Waals surface area contributed by atoms with Gasteiger partial charge in [0, 0.05) is 26.1 Å². The van der Waals surface area contributed by atoms with Gasteiger partial charge in [-0.15, -0.1) is 0 Å². The van der Waals surface area contributed by atoms with E-state index in [0.717, 1.165) is 19.6 Å². The highest BCUT2D eigenvalue weighted by molar-refractivity contribution is 5.67. The number of nitrogens with zero attached hydrogens (tertiary/aromatic N) is 2. The SMILES string of the molecule is N#CCC1(CN2CC(CC(=O)O)C2)CC1. The molecule has 0 radical (unpaired) electrons. The summed E-state index contributed by atoms with van der Waals surface area (Å²) in [6.07, 6.45) is 3.29. The highest BCUT2D eigenvalue weighted by Crippen LogP contribution is 2.49. The first-order valence-electron chi connectivity index (χ1n) is 5.45. The molecule has 1 aliphatic heterocycles. The van der Waals surface area contributed by atoms with E-state index in [-0.39, 0.29) is 5.41 Å². The number of hydrogen-bond acceptors (Lipinski definition) is 3. The van der Waals surface area contributed by atoms with Gasteiger partial charge in [0.2, 0.25) is 0 Å². The van der Waals surface area contributed by atoms with Crippen LogP contribution in [0.4, 0.5) is 0 Å². The summed E-state index contributed by atoms with van der Waals surface area (Å²) >= 11 is 0. The summed E-state index contributed by atoms with van der Waals surface area (Å²) in [5.41, 5.74) is 0.267. The Labute approximate surface area is 89.5 Å². The molecule has 82 valence electrons. The molecule has 1 saturated carbocycles. The lowest BCUT2D eigenvalue weighted by Crippen LogP contribution is -2.49. The average Bonchev–Trinajstić information content (AvgIpc) is 2.81. The Morgan fingerprint density at radius 3 is 2.67 bits per heavy atom. The van der Waals surface area contributed by atoms with Crippen LogP contribution in [0.2, 0.25) is 0 Å². The van der Waals surface area contributed by atoms with Crippen molar-refractivity contribution in [2.75, 3.05) is 19.6 Å². The Balaban J connectivity index is 1.68. The monoisotopic (exact) mass is 208 g/mol. The smallest absolute Gasteiger partial charge is 0.303 e. The number of rotatable bonds is 5. The molecule has 1 heterocycles. The third kappa shape index (κ3) is 2.48. The van der Waals surface area contributed by atoms with Gasteiger partial charge in [0.15, 0.2) is 0 Å². The van der Waals surface area contributed by atoms with E-state index in [2.05, 4.69) is 11.0 Å². The number of aliphatic carboxylic acids is 1. The number of carboxylic acid groups (broad SMARTS) is 1. The molecule has 2 aliphatic rings. The van der Waals surface area contributed by atoms with Crippen LogP contribution in [-0.2, 0) is 4.79 Å². The maximum atomic E-state index is 10.4. The Kier molecular flexibility index (Phi) is 2.66. The fraction of sp³-hybridized carbons (Fsp3) is 0.818.